The van der Waals surface area contributed by atoms with Gasteiger partial charge in [0.05, 0.1) is 30.8 Å². The number of rotatable bonds is 25. The summed E-state index contributed by atoms with van der Waals surface area (Å²) < 4.78 is 76.7. The van der Waals surface area contributed by atoms with Crippen molar-refractivity contribution in [1.29, 1.82) is 0 Å². The number of carbonyl (C=O) groups excluding carboxylic acids is 3. The lowest BCUT2D eigenvalue weighted by molar-refractivity contribution is -0.126. The summed E-state index contributed by atoms with van der Waals surface area (Å²) in [5.41, 5.74) is -1.90. The molecule has 0 radical (unpaired) electrons. The van der Waals surface area contributed by atoms with Gasteiger partial charge < -0.3 is 74.9 Å². The Morgan fingerprint density at radius 3 is 1.30 bits per heavy atom. The summed E-state index contributed by atoms with van der Waals surface area (Å²) in [5, 5.41) is 47.7. The average molecular weight is 1730 g/mol. The van der Waals surface area contributed by atoms with Crippen molar-refractivity contribution in [3.63, 3.8) is 0 Å². The predicted molar refractivity (Wildman–Crippen MR) is 473 cm³/mol. The zero-order valence-electron chi connectivity index (χ0n) is 76.5. The first-order valence-electron chi connectivity index (χ1n) is 41.7. The van der Waals surface area contributed by atoms with E-state index in [-0.39, 0.29) is 85.5 Å². The van der Waals surface area contributed by atoms with Gasteiger partial charge in [-0.3, -0.25) is 24.2 Å². The molecule has 24 nitrogen and oxygen atoms in total. The number of nitrogens with zero attached hydrogens (tertiary/aromatic N) is 6. The zero-order chi connectivity index (χ0) is 88.5. The van der Waals surface area contributed by atoms with E-state index in [1.165, 1.54) is 0 Å². The van der Waals surface area contributed by atoms with Crippen LogP contribution in [0.3, 0.4) is 0 Å². The molecule has 13 rings (SSSR count). The fourth-order valence-electron chi connectivity index (χ4n) is 14.5. The summed E-state index contributed by atoms with van der Waals surface area (Å²) in [6, 6.07) is 28.1. The topological polar surface area (TPSA) is 286 Å². The summed E-state index contributed by atoms with van der Waals surface area (Å²) in [5.74, 6) is -0.938. The Kier molecular flexibility index (Phi) is 27.5. The van der Waals surface area contributed by atoms with E-state index in [2.05, 4.69) is 172 Å². The van der Waals surface area contributed by atoms with Gasteiger partial charge in [0.2, 0.25) is 17.3 Å². The lowest BCUT2D eigenvalue weighted by atomic mass is 9.64. The molecule has 14 atom stereocenters. The first kappa shape index (κ1) is 94.8. The normalized spacial score (nSPS) is 26.5. The minimum Gasteiger partial charge on any atom is -0.470 e. The molecule has 0 saturated carbocycles. The van der Waals surface area contributed by atoms with Crippen LogP contribution in [0.25, 0.3) is 0 Å². The van der Waals surface area contributed by atoms with Crippen molar-refractivity contribution in [2.24, 2.45) is 11.8 Å². The van der Waals surface area contributed by atoms with Crippen LogP contribution < -0.4 is 14.2 Å². The van der Waals surface area contributed by atoms with Crippen molar-refractivity contribution in [3.8, 4) is 17.6 Å². The van der Waals surface area contributed by atoms with Crippen LogP contribution in [0.5, 0.6) is 17.6 Å². The number of benzene rings is 3. The van der Waals surface area contributed by atoms with Crippen molar-refractivity contribution < 1.29 is 84.3 Å². The number of hydrogen-bond acceptors (Lipinski definition) is 24. The van der Waals surface area contributed by atoms with Gasteiger partial charge >= 0.3 is 0 Å². The molecule has 119 heavy (non-hydrogen) atoms. The van der Waals surface area contributed by atoms with Gasteiger partial charge in [-0.15, -0.1) is 0 Å². The second-order valence-corrected chi connectivity index (χ2v) is 65.2. The molecule has 7 aliphatic rings. The molecular formula is C90H136N6O18Si5. The maximum atomic E-state index is 14.8. The fourth-order valence-corrected chi connectivity index (χ4v) is 21.0. The molecule has 3 aromatic heterocycles. The SMILES string of the molecule is CN(C)Cc1onc(OCc2ccccc2)c1C(=O)[C@]12O[C@H]1C=C[C@@H](O[Si](C)(C)C(C)(C)C)[C@H]2O[Si](C)(C)C(C)(C)C.CN(C)[C@@H]1c2onc(OCc3ccccc3)c2C(=O)[C@@]2(O)[C@H](O[Si](C)(C)C(C)(C)C)[C@H](O)C=C[C@@H]12.CN(C)[C@@H]1c2onc(OCc3ccccc3)c2C(=O)[C@]2(O)C=C[C@H]1[C@@H](O[Si](C)(C)C(C)(C)C)[C@H]2O[Si](C)(C)C(C)(C)C. The van der Waals surface area contributed by atoms with Gasteiger partial charge in [-0.25, -0.2) is 0 Å². The molecule has 1 fully saturated rings. The smallest absolute Gasteiger partial charge is 0.265 e. The minimum atomic E-state index is -2.50. The molecule has 3 aromatic carbocycles. The van der Waals surface area contributed by atoms with Crippen LogP contribution in [0.2, 0.25) is 90.7 Å². The average Bonchev–Trinajstić information content (AvgIpc) is 1.56. The molecule has 654 valence electrons. The third-order valence-corrected chi connectivity index (χ3v) is 49.1. The van der Waals surface area contributed by atoms with Crippen LogP contribution in [0.1, 0.15) is 181 Å². The quantitative estimate of drug-likeness (QED) is 0.0208. The van der Waals surface area contributed by atoms with E-state index in [0.717, 1.165) is 16.7 Å². The lowest BCUT2D eigenvalue weighted by Gasteiger charge is -2.53. The number of ketones is 3. The highest BCUT2D eigenvalue weighted by molar-refractivity contribution is 6.76. The number of carbonyl (C=O) groups is 3. The number of fused-ring (bicyclic) bond motifs is 4. The second-order valence-electron chi connectivity index (χ2n) is 41.4. The molecule has 6 aliphatic carbocycles. The van der Waals surface area contributed by atoms with Crippen LogP contribution in [-0.4, -0.2) is 206 Å². The summed E-state index contributed by atoms with van der Waals surface area (Å²) in [4.78, 5) is 49.4. The van der Waals surface area contributed by atoms with Gasteiger partial charge in [0.15, 0.2) is 75.7 Å². The van der Waals surface area contributed by atoms with Gasteiger partial charge in [-0.05, 0) is 171 Å². The largest absolute Gasteiger partial charge is 0.470 e. The number of aromatic nitrogens is 3. The monoisotopic (exact) mass is 1730 g/mol. The number of epoxide rings is 1. The molecule has 1 aliphatic heterocycles. The maximum absolute atomic E-state index is 14.8. The first-order chi connectivity index (χ1) is 54.8. The van der Waals surface area contributed by atoms with E-state index in [4.69, 9.17) is 54.6 Å². The number of Topliss-reactive ketones (excluding diaryl/α,β-unsaturated/α-hetero) is 3. The van der Waals surface area contributed by atoms with E-state index >= 15 is 0 Å². The Bertz CT molecular complexity index is 4620. The first-order valence-corrected chi connectivity index (χ1v) is 56.2. The van der Waals surface area contributed by atoms with Crippen LogP contribution in [0, 0.1) is 11.8 Å². The zero-order valence-corrected chi connectivity index (χ0v) is 81.5. The van der Waals surface area contributed by atoms with E-state index in [9.17, 15) is 29.7 Å². The van der Waals surface area contributed by atoms with Gasteiger partial charge in [-0.2, -0.15) is 0 Å². The molecule has 2 bridgehead atoms. The molecule has 0 unspecified atom stereocenters. The van der Waals surface area contributed by atoms with Crippen LogP contribution in [0.4, 0.5) is 0 Å². The number of aliphatic hydroxyl groups excluding tert-OH is 1. The second kappa shape index (κ2) is 34.6. The van der Waals surface area contributed by atoms with Gasteiger partial charge in [0.25, 0.3) is 17.6 Å². The van der Waals surface area contributed by atoms with E-state index in [1.807, 2.05) is 179 Å². The van der Waals surface area contributed by atoms with Crippen LogP contribution >= 0.6 is 0 Å². The lowest BCUT2D eigenvalue weighted by Crippen LogP contribution is -2.67. The molecule has 29 heteroatoms. The van der Waals surface area contributed by atoms with E-state index in [0.29, 0.717) is 29.4 Å². The summed E-state index contributed by atoms with van der Waals surface area (Å²) >= 11 is 0. The molecule has 1 saturated heterocycles. The third-order valence-electron chi connectivity index (χ3n) is 26.8. The van der Waals surface area contributed by atoms with Crippen molar-refractivity contribution in [2.45, 2.75) is 292 Å². The Balaban J connectivity index is 0.000000189. The van der Waals surface area contributed by atoms with Crippen molar-refractivity contribution in [1.82, 2.24) is 30.2 Å². The maximum Gasteiger partial charge on any atom is 0.265 e. The number of aliphatic hydroxyl groups is 3. The van der Waals surface area contributed by atoms with Crippen LogP contribution in [0.15, 0.2) is 141 Å². The molecule has 3 N–H and O–H groups in total. The molecule has 0 amide bonds. The third kappa shape index (κ3) is 19.1. The summed E-state index contributed by atoms with van der Waals surface area (Å²) in [6.07, 6.45) is 5.54. The van der Waals surface area contributed by atoms with Gasteiger partial charge in [-0.1, -0.05) is 225 Å². The minimum absolute atomic E-state index is 0.0212. The highest BCUT2D eigenvalue weighted by atomic mass is 28.4. The molecule has 4 heterocycles. The van der Waals surface area contributed by atoms with Gasteiger partial charge in [0.1, 0.15) is 67.0 Å². The van der Waals surface area contributed by atoms with Crippen molar-refractivity contribution in [2.75, 3.05) is 42.3 Å². The summed E-state index contributed by atoms with van der Waals surface area (Å²) in [7, 11) is -0.535. The molecule has 0 spiro atoms. The number of hydrogen-bond donors (Lipinski definition) is 3. The highest BCUT2D eigenvalue weighted by Gasteiger charge is 2.73. The van der Waals surface area contributed by atoms with Crippen molar-refractivity contribution in [3.05, 3.63) is 178 Å². The van der Waals surface area contributed by atoms with E-state index < -0.39 is 131 Å². The Hall–Kier alpha value is -6.48. The van der Waals surface area contributed by atoms with Crippen LogP contribution in [-0.2, 0) is 53.2 Å². The van der Waals surface area contributed by atoms with Crippen molar-refractivity contribution >= 4 is 58.9 Å². The molecule has 6 aromatic rings. The Labute approximate surface area is 711 Å². The number of ether oxygens (including phenoxy) is 4. The summed E-state index contributed by atoms with van der Waals surface area (Å²) in [6.45, 7) is 55.1. The Morgan fingerprint density at radius 2 is 0.866 bits per heavy atom. The highest BCUT2D eigenvalue weighted by Crippen LogP contribution is 2.57. The molecular weight excluding hydrogens is 1590 g/mol. The van der Waals surface area contributed by atoms with E-state index in [1.54, 1.807) is 18.2 Å². The van der Waals surface area contributed by atoms with Gasteiger partial charge in [0, 0.05) is 11.8 Å². The predicted octanol–water partition coefficient (Wildman–Crippen LogP) is 17.5. The fraction of sp³-hybridized carbons (Fsp3) is 0.600. The standard InChI is InChI=1S/2C32H50N2O6Si2.C26H36N2O6Si/c1-30(2,3)41(9,10)39-23-18-19-25-32(37-25,28(23)40-42(11,12)31(4,5)6)27(35)26-24(20-34(7)8)38-33-29(26)36-21-22-16-14-13-15-17-22;1-30(2,3)41(9,10)39-25-22-18-19-32(36,28(25)40-42(11,12)31(4,5)6)27(35)23-26(24(22)34(7)8)38-33-29(23)37-20-21-16-14-13-15-17-21;1-25(2,3)35(6,7)34-23-18(29)14-13-17-20(28(4)5)21-19(22(30)26(17,23)31)24(27-33-21)32-15-16-11-9-8-10-12-16/h13-19,23,25,28H,20-21H2,1-12H3;13-19,22,24-25,28,36H,20H2,1-12H3;8-14,17-18,20,23,29,31H,15H2,1-7H3/t23-,25+,28-,32-;22-,24+,25-,28-,32-;17-,18+,20-,23+,26+/m110/s1. The Morgan fingerprint density at radius 1 is 0.471 bits per heavy atom.